The van der Waals surface area contributed by atoms with E-state index in [-0.39, 0.29) is 0 Å². The van der Waals surface area contributed by atoms with Crippen LogP contribution < -0.4 is 5.32 Å². The Morgan fingerprint density at radius 1 is 0.759 bits per heavy atom. The minimum atomic E-state index is 0.921. The van der Waals surface area contributed by atoms with Crippen molar-refractivity contribution < 1.29 is 0 Å². The molecule has 0 amide bonds. The predicted molar refractivity (Wildman–Crippen MR) is 127 cm³/mol. The Morgan fingerprint density at radius 3 is 2.10 bits per heavy atom. The number of aliphatic imine (C=N–C) groups is 1. The topological polar surface area (TPSA) is 26.5 Å². The van der Waals surface area contributed by atoms with E-state index in [4.69, 9.17) is 22.5 Å². The zero-order valence-electron chi connectivity index (χ0n) is 16.6. The molecular formula is C26H25N2S. The first-order valence-corrected chi connectivity index (χ1v) is 10.7. The largest absolute Gasteiger partial charge is 0.231 e. The van der Waals surface area contributed by atoms with E-state index in [1.165, 1.54) is 18.4 Å². The minimum absolute atomic E-state index is 0.921. The highest BCUT2D eigenvalue weighted by molar-refractivity contribution is 7.80. The van der Waals surface area contributed by atoms with Crippen molar-refractivity contribution in [2.75, 3.05) is 0 Å². The van der Waals surface area contributed by atoms with E-state index in [0.29, 0.717) is 0 Å². The van der Waals surface area contributed by atoms with Gasteiger partial charge >= 0.3 is 0 Å². The van der Waals surface area contributed by atoms with Crippen molar-refractivity contribution in [3.63, 3.8) is 0 Å². The van der Waals surface area contributed by atoms with E-state index < -0.39 is 0 Å². The van der Waals surface area contributed by atoms with Gasteiger partial charge in [0.25, 0.3) is 0 Å². The molecule has 0 bridgehead atoms. The van der Waals surface area contributed by atoms with E-state index in [1.807, 2.05) is 18.2 Å². The summed E-state index contributed by atoms with van der Waals surface area (Å²) in [5.74, 6) is 0.948. The molecule has 0 aromatic heterocycles. The molecule has 0 saturated carbocycles. The molecule has 0 atom stereocenters. The molecule has 2 aliphatic rings. The SMILES string of the molecule is S=C1C=CC=C(CCCCCC2=NC(c3ccccc3)=C(c3ccccc3)[N]2)C1. The zero-order chi connectivity index (χ0) is 19.9. The molecule has 29 heavy (non-hydrogen) atoms. The van der Waals surface area contributed by atoms with Gasteiger partial charge in [-0.25, -0.2) is 10.3 Å². The molecular weight excluding hydrogens is 372 g/mol. The Balaban J connectivity index is 1.35. The second-order valence-corrected chi connectivity index (χ2v) is 7.98. The van der Waals surface area contributed by atoms with Crippen LogP contribution in [0.4, 0.5) is 0 Å². The fraction of sp³-hybridized carbons (Fsp3) is 0.231. The zero-order valence-corrected chi connectivity index (χ0v) is 17.4. The molecule has 2 aromatic rings. The van der Waals surface area contributed by atoms with Gasteiger partial charge in [0.05, 0.1) is 11.4 Å². The van der Waals surface area contributed by atoms with Gasteiger partial charge in [0.15, 0.2) is 0 Å². The van der Waals surface area contributed by atoms with E-state index in [0.717, 1.165) is 58.9 Å². The Labute approximate surface area is 178 Å². The Hall–Kier alpha value is -2.78. The summed E-state index contributed by atoms with van der Waals surface area (Å²) >= 11 is 5.30. The standard InChI is InChI=1S/C26H25N2S/c29-23-17-10-12-20(19-23)11-4-1-9-18-24-27-25(21-13-5-2-6-14-21)26(28-24)22-15-7-3-8-16-22/h2-3,5-8,10,12-17H,1,4,9,11,18-19H2. The second kappa shape index (κ2) is 9.62. The number of allylic oxidation sites excluding steroid dienone is 4. The van der Waals surface area contributed by atoms with E-state index in [1.54, 1.807) is 0 Å². The number of benzene rings is 2. The van der Waals surface area contributed by atoms with Crippen LogP contribution in [0.5, 0.6) is 0 Å². The molecule has 2 aromatic carbocycles. The lowest BCUT2D eigenvalue weighted by molar-refractivity contribution is 0.686. The Bertz CT molecular complexity index is 982. The third-order valence-electron chi connectivity index (χ3n) is 5.21. The van der Waals surface area contributed by atoms with Crippen LogP contribution in [0.15, 0.2) is 89.5 Å². The van der Waals surface area contributed by atoms with Gasteiger partial charge in [-0.05, 0) is 25.3 Å². The van der Waals surface area contributed by atoms with Gasteiger partial charge in [-0.15, -0.1) is 0 Å². The summed E-state index contributed by atoms with van der Waals surface area (Å²) in [4.78, 5) is 5.96. The number of hydrogen-bond donors (Lipinski definition) is 0. The van der Waals surface area contributed by atoms with Crippen molar-refractivity contribution in [2.24, 2.45) is 4.99 Å². The molecule has 4 rings (SSSR count). The number of nitrogens with zero attached hydrogens (tertiary/aromatic N) is 2. The van der Waals surface area contributed by atoms with Crippen LogP contribution in [0.1, 0.15) is 49.7 Å². The second-order valence-electron chi connectivity index (χ2n) is 7.46. The molecule has 145 valence electrons. The average molecular weight is 398 g/mol. The van der Waals surface area contributed by atoms with Crippen molar-refractivity contribution in [3.05, 3.63) is 95.6 Å². The van der Waals surface area contributed by atoms with Gasteiger partial charge in [-0.2, -0.15) is 0 Å². The highest BCUT2D eigenvalue weighted by atomic mass is 32.1. The molecule has 0 saturated heterocycles. The van der Waals surface area contributed by atoms with Crippen LogP contribution in [0, 0.1) is 0 Å². The summed E-state index contributed by atoms with van der Waals surface area (Å²) in [6, 6.07) is 20.7. The summed E-state index contributed by atoms with van der Waals surface area (Å²) in [7, 11) is 0. The maximum atomic E-state index is 5.30. The van der Waals surface area contributed by atoms with E-state index in [2.05, 4.69) is 60.7 Å². The van der Waals surface area contributed by atoms with Crippen molar-refractivity contribution in [1.82, 2.24) is 5.32 Å². The first kappa shape index (κ1) is 19.5. The van der Waals surface area contributed by atoms with Gasteiger partial charge in [0.2, 0.25) is 0 Å². The molecule has 1 aliphatic heterocycles. The monoisotopic (exact) mass is 397 g/mol. The minimum Gasteiger partial charge on any atom is -0.231 e. The highest BCUT2D eigenvalue weighted by Gasteiger charge is 2.21. The van der Waals surface area contributed by atoms with E-state index >= 15 is 0 Å². The maximum Gasteiger partial charge on any atom is 0.129 e. The summed E-state index contributed by atoms with van der Waals surface area (Å²) in [6.45, 7) is 0. The number of amidine groups is 1. The number of unbranched alkanes of at least 4 members (excludes halogenated alkanes) is 2. The molecule has 1 aliphatic carbocycles. The predicted octanol–water partition coefficient (Wildman–Crippen LogP) is 6.74. The smallest absolute Gasteiger partial charge is 0.129 e. The Kier molecular flexibility index (Phi) is 6.48. The van der Waals surface area contributed by atoms with Crippen LogP contribution in [-0.4, -0.2) is 10.7 Å². The van der Waals surface area contributed by atoms with E-state index in [9.17, 15) is 0 Å². The van der Waals surface area contributed by atoms with Gasteiger partial charge in [-0.3, -0.25) is 0 Å². The summed E-state index contributed by atoms with van der Waals surface area (Å²) in [6.07, 6.45) is 12.8. The first-order chi connectivity index (χ1) is 14.3. The van der Waals surface area contributed by atoms with Crippen molar-refractivity contribution in [2.45, 2.75) is 38.5 Å². The number of rotatable bonds is 8. The van der Waals surface area contributed by atoms with Crippen molar-refractivity contribution in [1.29, 1.82) is 0 Å². The van der Waals surface area contributed by atoms with Crippen LogP contribution in [-0.2, 0) is 0 Å². The van der Waals surface area contributed by atoms with Crippen LogP contribution in [0.3, 0.4) is 0 Å². The normalized spacial score (nSPS) is 15.9. The lowest BCUT2D eigenvalue weighted by atomic mass is 9.98. The fourth-order valence-electron chi connectivity index (χ4n) is 3.71. The van der Waals surface area contributed by atoms with Crippen molar-refractivity contribution in [3.8, 4) is 0 Å². The number of hydrogen-bond acceptors (Lipinski definition) is 2. The van der Waals surface area contributed by atoms with Gasteiger partial charge < -0.3 is 0 Å². The molecule has 1 heterocycles. The molecule has 1 radical (unpaired) electrons. The van der Waals surface area contributed by atoms with Gasteiger partial charge in [-0.1, -0.05) is 97.0 Å². The number of thiocarbonyl (C=S) groups is 1. The van der Waals surface area contributed by atoms with Gasteiger partial charge in [0, 0.05) is 28.8 Å². The lowest BCUT2D eigenvalue weighted by Gasteiger charge is -2.09. The first-order valence-electron chi connectivity index (χ1n) is 10.3. The molecule has 0 spiro atoms. The third-order valence-corrected chi connectivity index (χ3v) is 5.49. The summed E-state index contributed by atoms with van der Waals surface area (Å²) in [5.41, 5.74) is 5.68. The Morgan fingerprint density at radius 2 is 1.41 bits per heavy atom. The lowest BCUT2D eigenvalue weighted by Crippen LogP contribution is -2.10. The van der Waals surface area contributed by atoms with Crippen LogP contribution >= 0.6 is 12.2 Å². The molecule has 0 fully saturated rings. The van der Waals surface area contributed by atoms with Crippen LogP contribution in [0.25, 0.3) is 11.4 Å². The fourth-order valence-corrected chi connectivity index (χ4v) is 3.98. The third kappa shape index (κ3) is 5.18. The quantitative estimate of drug-likeness (QED) is 0.358. The highest BCUT2D eigenvalue weighted by Crippen LogP contribution is 2.31. The van der Waals surface area contributed by atoms with Crippen molar-refractivity contribution >= 4 is 34.3 Å². The molecule has 0 N–H and O–H groups in total. The molecule has 3 heteroatoms. The van der Waals surface area contributed by atoms with Crippen LogP contribution in [0.2, 0.25) is 0 Å². The summed E-state index contributed by atoms with van der Waals surface area (Å²) < 4.78 is 0. The molecule has 0 unspecified atom stereocenters. The van der Waals surface area contributed by atoms with Gasteiger partial charge in [0.1, 0.15) is 5.84 Å². The average Bonchev–Trinajstić information content (AvgIpc) is 3.19. The maximum absolute atomic E-state index is 5.30. The summed E-state index contributed by atoms with van der Waals surface area (Å²) in [5, 5.41) is 4.91. The molecule has 2 nitrogen and oxygen atoms in total.